The van der Waals surface area contributed by atoms with E-state index in [-0.39, 0.29) is 11.5 Å². The van der Waals surface area contributed by atoms with Crippen LogP contribution >= 0.6 is 11.3 Å². The van der Waals surface area contributed by atoms with E-state index in [1.807, 2.05) is 43.3 Å². The fourth-order valence-electron chi connectivity index (χ4n) is 4.15. The molecular formula is C28H22FN3O2S. The third kappa shape index (κ3) is 4.50. The fraction of sp³-hybridized carbons (Fsp3) is 0.107. The summed E-state index contributed by atoms with van der Waals surface area (Å²) in [6.45, 7) is 2.01. The first-order valence-electron chi connectivity index (χ1n) is 11.0. The average molecular weight is 484 g/mol. The zero-order chi connectivity index (χ0) is 24.5. The Morgan fingerprint density at radius 2 is 1.83 bits per heavy atom. The number of methoxy groups -OCH3 is 1. The van der Waals surface area contributed by atoms with Crippen LogP contribution in [-0.2, 0) is 6.42 Å². The highest BCUT2D eigenvalue weighted by Crippen LogP contribution is 2.33. The van der Waals surface area contributed by atoms with Crippen LogP contribution in [0, 0.1) is 12.7 Å². The molecule has 0 aliphatic heterocycles. The monoisotopic (exact) mass is 483 g/mol. The van der Waals surface area contributed by atoms with Crippen molar-refractivity contribution in [1.29, 1.82) is 0 Å². The molecule has 174 valence electrons. The van der Waals surface area contributed by atoms with E-state index in [2.05, 4.69) is 17.1 Å². The number of thiophene rings is 1. The predicted molar refractivity (Wildman–Crippen MR) is 137 cm³/mol. The number of carbonyl (C=O) groups is 1. The van der Waals surface area contributed by atoms with Crippen LogP contribution in [0.1, 0.15) is 26.6 Å². The average Bonchev–Trinajstić information content (AvgIpc) is 3.31. The number of amides is 1. The van der Waals surface area contributed by atoms with Gasteiger partial charge in [-0.15, -0.1) is 11.3 Å². The summed E-state index contributed by atoms with van der Waals surface area (Å²) in [6, 6.07) is 21.9. The zero-order valence-corrected chi connectivity index (χ0v) is 20.0. The third-order valence-corrected chi connectivity index (χ3v) is 6.95. The highest BCUT2D eigenvalue weighted by molar-refractivity contribution is 7.15. The van der Waals surface area contributed by atoms with Gasteiger partial charge in [0.15, 0.2) is 5.69 Å². The Hall–Kier alpha value is -4.10. The Balaban J connectivity index is 1.56. The molecule has 5 rings (SSSR count). The minimum atomic E-state index is -0.631. The van der Waals surface area contributed by atoms with Gasteiger partial charge in [0.2, 0.25) is 0 Å². The Morgan fingerprint density at radius 1 is 1.00 bits per heavy atom. The largest absolute Gasteiger partial charge is 0.496 e. The number of hydrogen-bond acceptors (Lipinski definition) is 5. The van der Waals surface area contributed by atoms with Crippen LogP contribution in [0.15, 0.2) is 72.8 Å². The van der Waals surface area contributed by atoms with E-state index in [1.54, 1.807) is 30.6 Å². The van der Waals surface area contributed by atoms with Gasteiger partial charge in [-0.25, -0.2) is 14.4 Å². The maximum atomic E-state index is 13.9. The molecule has 1 amide bonds. The molecule has 0 aliphatic carbocycles. The van der Waals surface area contributed by atoms with E-state index in [9.17, 15) is 9.18 Å². The number of halogens is 1. The Labute approximate surface area is 206 Å². The maximum absolute atomic E-state index is 13.9. The SMILES string of the molecule is COc1ccc(-c2ccc(Cc3nc4c(-c5cccc(F)c5)cccc4nc3C(N)=O)s2)cc1C. The van der Waals surface area contributed by atoms with Gasteiger partial charge >= 0.3 is 0 Å². The quantitative estimate of drug-likeness (QED) is 0.313. The van der Waals surface area contributed by atoms with Gasteiger partial charge < -0.3 is 10.5 Å². The number of aromatic nitrogens is 2. The fourth-order valence-corrected chi connectivity index (χ4v) is 5.15. The number of para-hydroxylation sites is 1. The molecule has 0 saturated carbocycles. The summed E-state index contributed by atoms with van der Waals surface area (Å²) in [7, 11) is 1.66. The van der Waals surface area contributed by atoms with Crippen LogP contribution in [0.4, 0.5) is 4.39 Å². The highest BCUT2D eigenvalue weighted by Gasteiger charge is 2.18. The summed E-state index contributed by atoms with van der Waals surface area (Å²) in [4.78, 5) is 23.7. The van der Waals surface area contributed by atoms with Crippen molar-refractivity contribution in [2.45, 2.75) is 13.3 Å². The Kier molecular flexibility index (Phi) is 6.01. The van der Waals surface area contributed by atoms with Crippen molar-refractivity contribution in [3.63, 3.8) is 0 Å². The first kappa shape index (κ1) is 22.7. The molecule has 0 saturated heterocycles. The molecule has 2 heterocycles. The molecule has 0 atom stereocenters. The zero-order valence-electron chi connectivity index (χ0n) is 19.2. The number of primary amides is 1. The summed E-state index contributed by atoms with van der Waals surface area (Å²) in [5.74, 6) is -0.119. The van der Waals surface area contributed by atoms with E-state index < -0.39 is 5.91 Å². The van der Waals surface area contributed by atoms with E-state index in [1.165, 1.54) is 12.1 Å². The molecule has 0 unspecified atom stereocenters. The number of fused-ring (bicyclic) bond motifs is 1. The van der Waals surface area contributed by atoms with Crippen LogP contribution in [-0.4, -0.2) is 23.0 Å². The number of rotatable bonds is 6. The standard InChI is InChI=1S/C28H22FN3O2S/c1-16-13-18(9-11-24(16)34-2)25-12-10-20(35-25)15-23-27(28(30)33)31-22-8-4-7-21(26(22)32-23)17-5-3-6-19(29)14-17/h3-14H,15H2,1-2H3,(H2,30,33). The molecule has 5 nitrogen and oxygen atoms in total. The number of nitrogens with two attached hydrogens (primary N) is 1. The molecule has 0 fully saturated rings. The lowest BCUT2D eigenvalue weighted by Gasteiger charge is -2.10. The van der Waals surface area contributed by atoms with Crippen molar-refractivity contribution < 1.29 is 13.9 Å². The van der Waals surface area contributed by atoms with Gasteiger partial charge in [-0.05, 0) is 72.1 Å². The number of ether oxygens (including phenoxy) is 1. The Bertz CT molecular complexity index is 1580. The van der Waals surface area contributed by atoms with Gasteiger partial charge in [-0.1, -0.05) is 24.3 Å². The van der Waals surface area contributed by atoms with Crippen LogP contribution in [0.25, 0.3) is 32.6 Å². The number of nitrogens with zero attached hydrogens (tertiary/aromatic N) is 2. The van der Waals surface area contributed by atoms with Crippen molar-refractivity contribution >= 4 is 28.3 Å². The second kappa shape index (κ2) is 9.27. The molecule has 0 bridgehead atoms. The van der Waals surface area contributed by atoms with Crippen LogP contribution in [0.5, 0.6) is 5.75 Å². The lowest BCUT2D eigenvalue weighted by atomic mass is 10.0. The van der Waals surface area contributed by atoms with E-state index in [4.69, 9.17) is 15.5 Å². The second-order valence-corrected chi connectivity index (χ2v) is 9.36. The van der Waals surface area contributed by atoms with Gasteiger partial charge in [0.05, 0.1) is 23.8 Å². The minimum absolute atomic E-state index is 0.143. The van der Waals surface area contributed by atoms with Gasteiger partial charge in [-0.2, -0.15) is 0 Å². The van der Waals surface area contributed by atoms with Crippen molar-refractivity contribution in [1.82, 2.24) is 9.97 Å². The lowest BCUT2D eigenvalue weighted by molar-refractivity contribution is 0.0994. The lowest BCUT2D eigenvalue weighted by Crippen LogP contribution is -2.17. The number of aryl methyl sites for hydroxylation is 1. The van der Waals surface area contributed by atoms with Crippen molar-refractivity contribution in [2.24, 2.45) is 5.73 Å². The van der Waals surface area contributed by atoms with Gasteiger partial charge in [0.1, 0.15) is 11.6 Å². The van der Waals surface area contributed by atoms with Crippen molar-refractivity contribution in [2.75, 3.05) is 7.11 Å². The highest BCUT2D eigenvalue weighted by atomic mass is 32.1. The summed E-state index contributed by atoms with van der Waals surface area (Å²) in [5, 5.41) is 0. The molecular weight excluding hydrogens is 461 g/mol. The van der Waals surface area contributed by atoms with E-state index in [0.717, 1.165) is 32.2 Å². The number of hydrogen-bond donors (Lipinski definition) is 1. The van der Waals surface area contributed by atoms with Crippen molar-refractivity contribution in [3.8, 4) is 27.3 Å². The summed E-state index contributed by atoms with van der Waals surface area (Å²) < 4.78 is 19.3. The Morgan fingerprint density at radius 3 is 2.57 bits per heavy atom. The summed E-state index contributed by atoms with van der Waals surface area (Å²) >= 11 is 1.62. The first-order valence-corrected chi connectivity index (χ1v) is 11.8. The van der Waals surface area contributed by atoms with Crippen molar-refractivity contribution in [3.05, 3.63) is 100 Å². The second-order valence-electron chi connectivity index (χ2n) is 8.19. The third-order valence-electron chi connectivity index (χ3n) is 5.82. The van der Waals surface area contributed by atoms with Gasteiger partial charge in [0.25, 0.3) is 5.91 Å². The van der Waals surface area contributed by atoms with Gasteiger partial charge in [-0.3, -0.25) is 4.79 Å². The molecule has 3 aromatic carbocycles. The summed E-state index contributed by atoms with van der Waals surface area (Å²) in [5.41, 5.74) is 11.0. The predicted octanol–water partition coefficient (Wildman–Crippen LogP) is 6.17. The van der Waals surface area contributed by atoms with E-state index in [0.29, 0.717) is 28.7 Å². The topological polar surface area (TPSA) is 78.1 Å². The van der Waals surface area contributed by atoms with Crippen LogP contribution in [0.3, 0.4) is 0 Å². The number of benzene rings is 3. The molecule has 2 aromatic heterocycles. The molecule has 5 aromatic rings. The normalized spacial score (nSPS) is 11.1. The van der Waals surface area contributed by atoms with Crippen LogP contribution < -0.4 is 10.5 Å². The molecule has 2 N–H and O–H groups in total. The molecule has 35 heavy (non-hydrogen) atoms. The van der Waals surface area contributed by atoms with Gasteiger partial charge in [0, 0.05) is 21.7 Å². The molecule has 0 aliphatic rings. The van der Waals surface area contributed by atoms with E-state index >= 15 is 0 Å². The smallest absolute Gasteiger partial charge is 0.269 e. The minimum Gasteiger partial charge on any atom is -0.496 e. The maximum Gasteiger partial charge on any atom is 0.269 e. The molecule has 7 heteroatoms. The molecule has 0 radical (unpaired) electrons. The first-order chi connectivity index (χ1) is 16.9. The van der Waals surface area contributed by atoms with Crippen LogP contribution in [0.2, 0.25) is 0 Å². The number of carbonyl (C=O) groups excluding carboxylic acids is 1. The summed E-state index contributed by atoms with van der Waals surface area (Å²) in [6.07, 6.45) is 0.401. The molecule has 0 spiro atoms.